The van der Waals surface area contributed by atoms with E-state index in [1.54, 1.807) is 12.3 Å². The van der Waals surface area contributed by atoms with Crippen molar-refractivity contribution in [2.75, 3.05) is 13.1 Å². The fraction of sp³-hybridized carbons (Fsp3) is 0.350. The third-order valence-corrected chi connectivity index (χ3v) is 5.03. The van der Waals surface area contributed by atoms with Gasteiger partial charge in [-0.1, -0.05) is 30.3 Å². The summed E-state index contributed by atoms with van der Waals surface area (Å²) in [5.41, 5.74) is 2.77. The number of benzene rings is 1. The zero-order chi connectivity index (χ0) is 17.8. The zero-order valence-corrected chi connectivity index (χ0v) is 14.7. The van der Waals surface area contributed by atoms with Gasteiger partial charge in [0.2, 0.25) is 0 Å². The van der Waals surface area contributed by atoms with Crippen molar-refractivity contribution in [2.45, 2.75) is 32.0 Å². The van der Waals surface area contributed by atoms with Gasteiger partial charge < -0.3 is 10.3 Å². The topological polar surface area (TPSA) is 73.9 Å². The van der Waals surface area contributed by atoms with Crippen molar-refractivity contribution in [1.82, 2.24) is 25.2 Å². The van der Waals surface area contributed by atoms with Crippen LogP contribution < -0.4 is 10.9 Å². The number of nitrogens with zero attached hydrogens (tertiary/aromatic N) is 3. The number of fused-ring (bicyclic) bond motifs is 1. The van der Waals surface area contributed by atoms with Gasteiger partial charge in [-0.05, 0) is 37.6 Å². The molecule has 0 aliphatic carbocycles. The molecule has 6 heteroatoms. The lowest BCUT2D eigenvalue weighted by Gasteiger charge is -2.32. The van der Waals surface area contributed by atoms with E-state index < -0.39 is 0 Å². The number of rotatable bonds is 5. The van der Waals surface area contributed by atoms with E-state index in [1.807, 2.05) is 0 Å². The van der Waals surface area contributed by atoms with Crippen LogP contribution in [0.2, 0.25) is 0 Å². The van der Waals surface area contributed by atoms with Crippen LogP contribution in [0.25, 0.3) is 10.9 Å². The number of nitrogens with one attached hydrogen (secondary N) is 2. The van der Waals surface area contributed by atoms with E-state index in [-0.39, 0.29) is 5.56 Å². The molecule has 1 aliphatic rings. The van der Waals surface area contributed by atoms with E-state index in [1.165, 1.54) is 11.9 Å². The fourth-order valence-corrected chi connectivity index (χ4v) is 3.56. The summed E-state index contributed by atoms with van der Waals surface area (Å²) in [7, 11) is 0. The van der Waals surface area contributed by atoms with Gasteiger partial charge in [-0.25, -0.2) is 4.98 Å². The number of H-pyrrole nitrogens is 1. The molecule has 0 unspecified atom stereocenters. The second-order valence-electron chi connectivity index (χ2n) is 6.80. The van der Waals surface area contributed by atoms with Crippen LogP contribution in [0.1, 0.15) is 24.1 Å². The molecule has 2 aromatic heterocycles. The van der Waals surface area contributed by atoms with Gasteiger partial charge in [-0.2, -0.15) is 0 Å². The number of aromatic nitrogens is 3. The Bertz CT molecular complexity index is 916. The lowest BCUT2D eigenvalue weighted by molar-refractivity contribution is 0.190. The number of aromatic amines is 1. The molecule has 3 heterocycles. The molecule has 0 saturated carbocycles. The first-order chi connectivity index (χ1) is 12.8. The second kappa shape index (κ2) is 7.76. The molecule has 1 aromatic carbocycles. The standard InChI is InChI=1S/C20H23N5O/c26-20-17-6-9-21-18(19(17)23-14-24-20)12-22-16-7-10-25(11-8-16)13-15-4-2-1-3-5-15/h1-6,9,14,16,22H,7-8,10-13H2,(H,23,24,26). The largest absolute Gasteiger partial charge is 0.313 e. The maximum Gasteiger partial charge on any atom is 0.258 e. The molecule has 26 heavy (non-hydrogen) atoms. The van der Waals surface area contributed by atoms with Crippen molar-refractivity contribution in [3.63, 3.8) is 0 Å². The maximum atomic E-state index is 11.9. The fourth-order valence-electron chi connectivity index (χ4n) is 3.56. The van der Waals surface area contributed by atoms with E-state index >= 15 is 0 Å². The van der Waals surface area contributed by atoms with Crippen molar-refractivity contribution < 1.29 is 0 Å². The number of likely N-dealkylation sites (tertiary alicyclic amines) is 1. The van der Waals surface area contributed by atoms with Gasteiger partial charge in [0, 0.05) is 25.3 Å². The second-order valence-corrected chi connectivity index (χ2v) is 6.80. The summed E-state index contributed by atoms with van der Waals surface area (Å²) in [5, 5.41) is 4.19. The highest BCUT2D eigenvalue weighted by Gasteiger charge is 2.19. The first kappa shape index (κ1) is 16.9. The van der Waals surface area contributed by atoms with Crippen molar-refractivity contribution >= 4 is 10.9 Å². The Morgan fingerprint density at radius 2 is 1.92 bits per heavy atom. The first-order valence-corrected chi connectivity index (χ1v) is 9.10. The van der Waals surface area contributed by atoms with Gasteiger partial charge in [0.25, 0.3) is 5.56 Å². The monoisotopic (exact) mass is 349 g/mol. The van der Waals surface area contributed by atoms with E-state index in [0.29, 0.717) is 23.5 Å². The molecule has 1 aliphatic heterocycles. The van der Waals surface area contributed by atoms with Gasteiger partial charge in [-0.15, -0.1) is 0 Å². The van der Waals surface area contributed by atoms with Crippen molar-refractivity contribution in [3.8, 4) is 0 Å². The molecule has 3 aromatic rings. The summed E-state index contributed by atoms with van der Waals surface area (Å²) >= 11 is 0. The van der Waals surface area contributed by atoms with Crippen LogP contribution in [0.4, 0.5) is 0 Å². The highest BCUT2D eigenvalue weighted by Crippen LogP contribution is 2.15. The lowest BCUT2D eigenvalue weighted by atomic mass is 10.0. The lowest BCUT2D eigenvalue weighted by Crippen LogP contribution is -2.42. The number of hydrogen-bond acceptors (Lipinski definition) is 5. The van der Waals surface area contributed by atoms with E-state index in [9.17, 15) is 4.79 Å². The molecule has 0 amide bonds. The maximum absolute atomic E-state index is 11.9. The minimum atomic E-state index is -0.118. The highest BCUT2D eigenvalue weighted by atomic mass is 16.1. The number of piperidine rings is 1. The predicted octanol–water partition coefficient (Wildman–Crippen LogP) is 2.07. The number of pyridine rings is 1. The Kier molecular flexibility index (Phi) is 5.04. The third kappa shape index (κ3) is 3.81. The van der Waals surface area contributed by atoms with E-state index in [0.717, 1.165) is 38.2 Å². The van der Waals surface area contributed by atoms with E-state index in [2.05, 4.69) is 55.5 Å². The van der Waals surface area contributed by atoms with Crippen LogP contribution >= 0.6 is 0 Å². The van der Waals surface area contributed by atoms with Gasteiger partial charge in [0.15, 0.2) is 0 Å². The van der Waals surface area contributed by atoms with Gasteiger partial charge in [0.05, 0.1) is 17.4 Å². The predicted molar refractivity (Wildman–Crippen MR) is 102 cm³/mol. The Balaban J connectivity index is 1.33. The van der Waals surface area contributed by atoms with Crippen LogP contribution in [0.15, 0.2) is 53.7 Å². The average Bonchev–Trinajstić information content (AvgIpc) is 2.69. The van der Waals surface area contributed by atoms with Crippen LogP contribution in [-0.2, 0) is 13.1 Å². The molecular weight excluding hydrogens is 326 g/mol. The minimum Gasteiger partial charge on any atom is -0.313 e. The normalized spacial score (nSPS) is 16.2. The van der Waals surface area contributed by atoms with Gasteiger partial charge in [0.1, 0.15) is 5.52 Å². The molecular formula is C20H23N5O. The van der Waals surface area contributed by atoms with Crippen LogP contribution in [0, 0.1) is 0 Å². The smallest absolute Gasteiger partial charge is 0.258 e. The average molecular weight is 349 g/mol. The highest BCUT2D eigenvalue weighted by molar-refractivity contribution is 5.78. The summed E-state index contributed by atoms with van der Waals surface area (Å²) in [6.07, 6.45) is 5.36. The Hall–Kier alpha value is -2.57. The van der Waals surface area contributed by atoms with Crippen LogP contribution in [0.3, 0.4) is 0 Å². The molecule has 1 saturated heterocycles. The van der Waals surface area contributed by atoms with Crippen molar-refractivity contribution in [3.05, 3.63) is 70.5 Å². The summed E-state index contributed by atoms with van der Waals surface area (Å²) in [4.78, 5) is 25.7. The van der Waals surface area contributed by atoms with Crippen molar-refractivity contribution in [2.24, 2.45) is 0 Å². The van der Waals surface area contributed by atoms with Crippen LogP contribution in [-0.4, -0.2) is 39.0 Å². The number of hydrogen-bond donors (Lipinski definition) is 2. The Morgan fingerprint density at radius 1 is 1.12 bits per heavy atom. The summed E-state index contributed by atoms with van der Waals surface area (Å²) in [6.45, 7) is 3.84. The van der Waals surface area contributed by atoms with Gasteiger partial charge >= 0.3 is 0 Å². The van der Waals surface area contributed by atoms with Crippen LogP contribution in [0.5, 0.6) is 0 Å². The molecule has 0 spiro atoms. The molecule has 2 N–H and O–H groups in total. The van der Waals surface area contributed by atoms with E-state index in [4.69, 9.17) is 0 Å². The third-order valence-electron chi connectivity index (χ3n) is 5.03. The molecule has 1 fully saturated rings. The molecule has 4 rings (SSSR count). The minimum absolute atomic E-state index is 0.118. The molecule has 6 nitrogen and oxygen atoms in total. The SMILES string of the molecule is O=c1[nH]cnc2c(CNC3CCN(Cc4ccccc4)CC3)nccc12. The molecule has 134 valence electrons. The summed E-state index contributed by atoms with van der Waals surface area (Å²) in [6, 6.07) is 12.8. The molecule has 0 atom stereocenters. The molecule has 0 radical (unpaired) electrons. The summed E-state index contributed by atoms with van der Waals surface area (Å²) in [5.74, 6) is 0. The Morgan fingerprint density at radius 3 is 2.73 bits per heavy atom. The first-order valence-electron chi connectivity index (χ1n) is 9.10. The zero-order valence-electron chi connectivity index (χ0n) is 14.7. The molecule has 0 bridgehead atoms. The van der Waals surface area contributed by atoms with Gasteiger partial charge in [-0.3, -0.25) is 14.7 Å². The summed E-state index contributed by atoms with van der Waals surface area (Å²) < 4.78 is 0. The quantitative estimate of drug-likeness (QED) is 0.738. The van der Waals surface area contributed by atoms with Crippen molar-refractivity contribution in [1.29, 1.82) is 0 Å². The Labute approximate surface area is 152 Å².